The van der Waals surface area contributed by atoms with E-state index in [0.29, 0.717) is 13.0 Å². The van der Waals surface area contributed by atoms with E-state index in [1.165, 1.54) is 0 Å². The molecule has 1 saturated heterocycles. The number of carbonyl (C=O) groups excluding carboxylic acids is 2. The maximum atomic E-state index is 11.4. The molecule has 1 aliphatic heterocycles. The van der Waals surface area contributed by atoms with Gasteiger partial charge in [0.2, 0.25) is 0 Å². The van der Waals surface area contributed by atoms with Crippen LogP contribution in [0.3, 0.4) is 0 Å². The lowest BCUT2D eigenvalue weighted by Crippen LogP contribution is -2.44. The Morgan fingerprint density at radius 2 is 2.00 bits per heavy atom. The molecule has 0 aromatic heterocycles. The minimum absolute atomic E-state index is 0.114. The number of hydrogen-bond donors (Lipinski definition) is 0. The first kappa shape index (κ1) is 8.97. The predicted octanol–water partition coefficient (Wildman–Crippen LogP) is 0.752. The maximum absolute atomic E-state index is 11.4. The number of nitrogens with zero attached hydrogens (tertiary/aromatic N) is 1. The van der Waals surface area contributed by atoms with Crippen molar-refractivity contribution in [3.05, 3.63) is 12.2 Å². The van der Waals surface area contributed by atoms with Gasteiger partial charge in [0.25, 0.3) is 5.91 Å². The van der Waals surface area contributed by atoms with Gasteiger partial charge < -0.3 is 4.90 Å². The first-order valence-electron chi connectivity index (χ1n) is 4.07. The molecule has 0 spiro atoms. The molecule has 0 aromatic carbocycles. The number of amides is 1. The molecule has 12 heavy (non-hydrogen) atoms. The normalized spacial score (nSPS) is 19.2. The Hall–Kier alpha value is -1.12. The van der Waals surface area contributed by atoms with Crippen LogP contribution < -0.4 is 0 Å². The number of hydrogen-bond acceptors (Lipinski definition) is 2. The molecule has 0 radical (unpaired) electrons. The van der Waals surface area contributed by atoms with Crippen molar-refractivity contribution in [3.8, 4) is 0 Å². The Labute approximate surface area is 72.0 Å². The Morgan fingerprint density at radius 3 is 2.50 bits per heavy atom. The highest BCUT2D eigenvalue weighted by Gasteiger charge is 2.28. The van der Waals surface area contributed by atoms with Gasteiger partial charge in [-0.1, -0.05) is 6.58 Å². The summed E-state index contributed by atoms with van der Waals surface area (Å²) in [5, 5.41) is 0. The molecule has 0 aliphatic carbocycles. The van der Waals surface area contributed by atoms with Gasteiger partial charge in [-0.15, -0.1) is 0 Å². The van der Waals surface area contributed by atoms with Crippen molar-refractivity contribution in [3.63, 3.8) is 0 Å². The molecule has 3 nitrogen and oxygen atoms in total. The largest absolute Gasteiger partial charge is 0.336 e. The van der Waals surface area contributed by atoms with E-state index in [9.17, 15) is 9.59 Å². The van der Waals surface area contributed by atoms with Gasteiger partial charge in [0.05, 0.1) is 5.57 Å². The van der Waals surface area contributed by atoms with Crippen molar-refractivity contribution in [2.45, 2.75) is 26.3 Å². The van der Waals surface area contributed by atoms with Gasteiger partial charge in [0.15, 0.2) is 5.78 Å². The summed E-state index contributed by atoms with van der Waals surface area (Å²) >= 11 is 0. The molecule has 0 atom stereocenters. The zero-order valence-corrected chi connectivity index (χ0v) is 7.46. The van der Waals surface area contributed by atoms with Gasteiger partial charge in [-0.3, -0.25) is 9.59 Å². The summed E-state index contributed by atoms with van der Waals surface area (Å²) < 4.78 is 0. The Bertz CT molecular complexity index is 243. The summed E-state index contributed by atoms with van der Waals surface area (Å²) in [6.45, 7) is 7.87. The van der Waals surface area contributed by atoms with E-state index in [0.717, 1.165) is 0 Å². The molecular formula is C9H13NO2. The number of carbonyl (C=O) groups is 2. The van der Waals surface area contributed by atoms with E-state index < -0.39 is 0 Å². The SMILES string of the molecule is C=C1C(=O)CCN(C(C)C)C1=O. The van der Waals surface area contributed by atoms with Gasteiger partial charge in [-0.25, -0.2) is 0 Å². The molecule has 0 N–H and O–H groups in total. The molecule has 1 fully saturated rings. The lowest BCUT2D eigenvalue weighted by atomic mass is 10.0. The van der Waals surface area contributed by atoms with Crippen LogP contribution in [0.4, 0.5) is 0 Å². The molecule has 1 rings (SSSR count). The van der Waals surface area contributed by atoms with Crippen molar-refractivity contribution in [2.24, 2.45) is 0 Å². The number of ketones is 1. The first-order valence-corrected chi connectivity index (χ1v) is 4.07. The second kappa shape index (κ2) is 3.09. The van der Waals surface area contributed by atoms with Crippen LogP contribution in [0.2, 0.25) is 0 Å². The Balaban J connectivity index is 2.79. The minimum Gasteiger partial charge on any atom is -0.336 e. The average molecular weight is 167 g/mol. The van der Waals surface area contributed by atoms with Gasteiger partial charge >= 0.3 is 0 Å². The lowest BCUT2D eigenvalue weighted by Gasteiger charge is -2.30. The van der Waals surface area contributed by atoms with E-state index >= 15 is 0 Å². The molecule has 1 aliphatic rings. The zero-order valence-electron chi connectivity index (χ0n) is 7.46. The highest BCUT2D eigenvalue weighted by Crippen LogP contribution is 2.14. The highest BCUT2D eigenvalue weighted by molar-refractivity contribution is 6.20. The third kappa shape index (κ3) is 1.40. The Morgan fingerprint density at radius 1 is 1.42 bits per heavy atom. The maximum Gasteiger partial charge on any atom is 0.257 e. The minimum atomic E-state index is -0.207. The third-order valence-corrected chi connectivity index (χ3v) is 2.06. The number of rotatable bonds is 1. The summed E-state index contributed by atoms with van der Waals surface area (Å²) in [7, 11) is 0. The van der Waals surface area contributed by atoms with E-state index in [1.54, 1.807) is 4.90 Å². The standard InChI is InChI=1S/C9H13NO2/c1-6(2)10-5-4-8(11)7(3)9(10)12/h6H,3-5H2,1-2H3. The van der Waals surface area contributed by atoms with E-state index in [2.05, 4.69) is 6.58 Å². The van der Waals surface area contributed by atoms with Crippen LogP contribution in [-0.2, 0) is 9.59 Å². The Kier molecular flexibility index (Phi) is 2.31. The smallest absolute Gasteiger partial charge is 0.257 e. The predicted molar refractivity (Wildman–Crippen MR) is 45.6 cm³/mol. The number of likely N-dealkylation sites (tertiary alicyclic amines) is 1. The van der Waals surface area contributed by atoms with Crippen LogP contribution in [0, 0.1) is 0 Å². The summed E-state index contributed by atoms with van der Waals surface area (Å²) in [6.07, 6.45) is 0.419. The van der Waals surface area contributed by atoms with E-state index in [-0.39, 0.29) is 23.3 Å². The van der Waals surface area contributed by atoms with Gasteiger partial charge in [0, 0.05) is 19.0 Å². The average Bonchev–Trinajstić information content (AvgIpc) is 2.00. The van der Waals surface area contributed by atoms with Crippen LogP contribution in [0.5, 0.6) is 0 Å². The molecule has 1 amide bonds. The van der Waals surface area contributed by atoms with Crippen molar-refractivity contribution < 1.29 is 9.59 Å². The fourth-order valence-corrected chi connectivity index (χ4v) is 1.26. The van der Waals surface area contributed by atoms with Crippen LogP contribution >= 0.6 is 0 Å². The van der Waals surface area contributed by atoms with E-state index in [4.69, 9.17) is 0 Å². The van der Waals surface area contributed by atoms with Gasteiger partial charge in [-0.05, 0) is 13.8 Å². The van der Waals surface area contributed by atoms with Crippen LogP contribution in [0.15, 0.2) is 12.2 Å². The molecule has 3 heteroatoms. The van der Waals surface area contributed by atoms with Crippen molar-refractivity contribution in [1.29, 1.82) is 0 Å². The summed E-state index contributed by atoms with van der Waals surface area (Å²) in [5.74, 6) is -0.321. The molecule has 0 bridgehead atoms. The molecule has 0 unspecified atom stereocenters. The summed E-state index contributed by atoms with van der Waals surface area (Å²) in [6, 6.07) is 0.155. The fourth-order valence-electron chi connectivity index (χ4n) is 1.26. The van der Waals surface area contributed by atoms with Crippen molar-refractivity contribution >= 4 is 11.7 Å². The van der Waals surface area contributed by atoms with Crippen molar-refractivity contribution in [2.75, 3.05) is 6.54 Å². The monoisotopic (exact) mass is 167 g/mol. The zero-order chi connectivity index (χ0) is 9.30. The lowest BCUT2D eigenvalue weighted by molar-refractivity contribution is -0.134. The van der Waals surface area contributed by atoms with Gasteiger partial charge in [-0.2, -0.15) is 0 Å². The summed E-state index contributed by atoms with van der Waals surface area (Å²) in [4.78, 5) is 24.1. The number of Topliss-reactive ketones (excluding diaryl/α,β-unsaturated/α-hetero) is 1. The molecule has 66 valence electrons. The topological polar surface area (TPSA) is 37.4 Å². The van der Waals surface area contributed by atoms with Crippen LogP contribution in [0.1, 0.15) is 20.3 Å². The first-order chi connectivity index (χ1) is 5.54. The second-order valence-corrected chi connectivity index (χ2v) is 3.24. The van der Waals surface area contributed by atoms with Crippen LogP contribution in [-0.4, -0.2) is 29.2 Å². The van der Waals surface area contributed by atoms with Crippen molar-refractivity contribution in [1.82, 2.24) is 4.90 Å². The number of piperidine rings is 1. The summed E-state index contributed by atoms with van der Waals surface area (Å²) in [5.41, 5.74) is 0.134. The molecular weight excluding hydrogens is 154 g/mol. The van der Waals surface area contributed by atoms with E-state index in [1.807, 2.05) is 13.8 Å². The molecule has 1 heterocycles. The third-order valence-electron chi connectivity index (χ3n) is 2.06. The van der Waals surface area contributed by atoms with Crippen LogP contribution in [0.25, 0.3) is 0 Å². The molecule has 0 saturated carbocycles. The fraction of sp³-hybridized carbons (Fsp3) is 0.556. The van der Waals surface area contributed by atoms with Gasteiger partial charge in [0.1, 0.15) is 0 Å². The highest BCUT2D eigenvalue weighted by atomic mass is 16.2. The second-order valence-electron chi connectivity index (χ2n) is 3.24. The quantitative estimate of drug-likeness (QED) is 0.427. The molecule has 0 aromatic rings.